The van der Waals surface area contributed by atoms with Gasteiger partial charge in [0.05, 0.1) is 5.69 Å². The van der Waals surface area contributed by atoms with Crippen molar-refractivity contribution in [3.05, 3.63) is 53.1 Å². The van der Waals surface area contributed by atoms with E-state index in [9.17, 15) is 9.90 Å². The summed E-state index contributed by atoms with van der Waals surface area (Å²) in [4.78, 5) is 11.2. The smallest absolute Gasteiger partial charge is 0.221 e. The zero-order valence-electron chi connectivity index (χ0n) is 15.3. The Labute approximate surface area is 152 Å². The van der Waals surface area contributed by atoms with Crippen molar-refractivity contribution in [1.82, 2.24) is 10.2 Å². The van der Waals surface area contributed by atoms with Crippen LogP contribution in [0.3, 0.4) is 0 Å². The molecule has 1 amide bonds. The van der Waals surface area contributed by atoms with Crippen molar-refractivity contribution >= 4 is 23.1 Å². The van der Waals surface area contributed by atoms with E-state index in [0.29, 0.717) is 11.6 Å². The standard InChI is InChI=1S/C20H22N4O2/c1-11-9-16(21-14(4)25)5-6-17(11)22-19-10-18(23-24-19)15-7-12(2)20(26)13(3)8-15/h5-10,26H,1-4H3,(H,21,25)(H2,22,23,24). The molecule has 0 saturated heterocycles. The second-order valence-corrected chi connectivity index (χ2v) is 6.46. The van der Waals surface area contributed by atoms with Crippen LogP contribution in [-0.4, -0.2) is 21.2 Å². The van der Waals surface area contributed by atoms with Gasteiger partial charge < -0.3 is 15.7 Å². The number of nitrogens with zero attached hydrogens (tertiary/aromatic N) is 1. The Balaban J connectivity index is 1.82. The first-order valence-corrected chi connectivity index (χ1v) is 8.35. The Morgan fingerprint density at radius 3 is 2.35 bits per heavy atom. The monoisotopic (exact) mass is 350 g/mol. The molecule has 0 spiro atoms. The van der Waals surface area contributed by atoms with Gasteiger partial charge in [-0.3, -0.25) is 9.89 Å². The van der Waals surface area contributed by atoms with Crippen LogP contribution in [0.2, 0.25) is 0 Å². The molecule has 4 N–H and O–H groups in total. The van der Waals surface area contributed by atoms with Crippen LogP contribution in [0.25, 0.3) is 11.3 Å². The summed E-state index contributed by atoms with van der Waals surface area (Å²) in [5, 5.41) is 23.3. The quantitative estimate of drug-likeness (QED) is 0.561. The number of amides is 1. The molecule has 0 saturated carbocycles. The van der Waals surface area contributed by atoms with Crippen LogP contribution in [0, 0.1) is 20.8 Å². The third kappa shape index (κ3) is 3.69. The highest BCUT2D eigenvalue weighted by Gasteiger charge is 2.09. The van der Waals surface area contributed by atoms with Crippen LogP contribution in [0.4, 0.5) is 17.2 Å². The Morgan fingerprint density at radius 1 is 1.04 bits per heavy atom. The molecule has 0 fully saturated rings. The zero-order valence-corrected chi connectivity index (χ0v) is 15.3. The van der Waals surface area contributed by atoms with E-state index in [-0.39, 0.29) is 5.91 Å². The molecule has 26 heavy (non-hydrogen) atoms. The minimum absolute atomic E-state index is 0.0958. The fourth-order valence-electron chi connectivity index (χ4n) is 2.87. The molecule has 0 aliphatic rings. The number of carbonyl (C=O) groups is 1. The third-order valence-electron chi connectivity index (χ3n) is 4.19. The van der Waals surface area contributed by atoms with Gasteiger partial charge in [0.15, 0.2) is 5.82 Å². The molecule has 3 aromatic rings. The lowest BCUT2D eigenvalue weighted by molar-refractivity contribution is -0.114. The minimum atomic E-state index is -0.0958. The number of aromatic nitrogens is 2. The highest BCUT2D eigenvalue weighted by atomic mass is 16.3. The number of H-pyrrole nitrogens is 1. The number of aromatic hydroxyl groups is 1. The number of nitrogens with one attached hydrogen (secondary N) is 3. The van der Waals surface area contributed by atoms with E-state index in [4.69, 9.17) is 0 Å². The summed E-state index contributed by atoms with van der Waals surface area (Å²) in [6, 6.07) is 11.4. The molecule has 0 radical (unpaired) electrons. The van der Waals surface area contributed by atoms with Crippen molar-refractivity contribution < 1.29 is 9.90 Å². The molecule has 6 heteroatoms. The van der Waals surface area contributed by atoms with Crippen molar-refractivity contribution in [2.75, 3.05) is 10.6 Å². The second kappa shape index (κ2) is 6.92. The second-order valence-electron chi connectivity index (χ2n) is 6.46. The molecule has 134 valence electrons. The molecule has 0 unspecified atom stereocenters. The number of aromatic amines is 1. The van der Waals surface area contributed by atoms with Crippen molar-refractivity contribution in [2.45, 2.75) is 27.7 Å². The molecular formula is C20H22N4O2. The van der Waals surface area contributed by atoms with Gasteiger partial charge in [-0.05, 0) is 67.8 Å². The SMILES string of the molecule is CC(=O)Nc1ccc(Nc2cc(-c3cc(C)c(O)c(C)c3)[nH]n2)c(C)c1. The number of benzene rings is 2. The molecule has 6 nitrogen and oxygen atoms in total. The first-order valence-electron chi connectivity index (χ1n) is 8.35. The fourth-order valence-corrected chi connectivity index (χ4v) is 2.87. The molecule has 1 aromatic heterocycles. The van der Waals surface area contributed by atoms with Crippen LogP contribution >= 0.6 is 0 Å². The molecule has 3 rings (SSSR count). The van der Waals surface area contributed by atoms with Gasteiger partial charge in [0.25, 0.3) is 0 Å². The highest BCUT2D eigenvalue weighted by molar-refractivity contribution is 5.89. The summed E-state index contributed by atoms with van der Waals surface area (Å²) in [5.74, 6) is 0.918. The summed E-state index contributed by atoms with van der Waals surface area (Å²) in [6.45, 7) is 7.20. The Kier molecular flexibility index (Phi) is 4.67. The maximum Gasteiger partial charge on any atom is 0.221 e. The van der Waals surface area contributed by atoms with Crippen LogP contribution in [-0.2, 0) is 4.79 Å². The van der Waals surface area contributed by atoms with E-state index in [2.05, 4.69) is 20.8 Å². The van der Waals surface area contributed by atoms with Crippen molar-refractivity contribution in [2.24, 2.45) is 0 Å². The van der Waals surface area contributed by atoms with E-state index in [1.165, 1.54) is 6.92 Å². The van der Waals surface area contributed by atoms with Crippen LogP contribution in [0.1, 0.15) is 23.6 Å². The lowest BCUT2D eigenvalue weighted by Crippen LogP contribution is -2.06. The molecule has 0 aliphatic heterocycles. The van der Waals surface area contributed by atoms with Gasteiger partial charge in [-0.2, -0.15) is 5.10 Å². The number of hydrogen-bond acceptors (Lipinski definition) is 4. The van der Waals surface area contributed by atoms with Crippen molar-refractivity contribution in [3.63, 3.8) is 0 Å². The van der Waals surface area contributed by atoms with Crippen molar-refractivity contribution in [1.29, 1.82) is 0 Å². The van der Waals surface area contributed by atoms with Crippen molar-refractivity contribution in [3.8, 4) is 17.0 Å². The van der Waals surface area contributed by atoms with E-state index in [0.717, 1.165) is 39.3 Å². The van der Waals surface area contributed by atoms with Crippen LogP contribution < -0.4 is 10.6 Å². The number of phenolic OH excluding ortho intramolecular Hbond substituents is 1. The largest absolute Gasteiger partial charge is 0.507 e. The fraction of sp³-hybridized carbons (Fsp3) is 0.200. The summed E-state index contributed by atoms with van der Waals surface area (Å²) in [6.07, 6.45) is 0. The molecule has 0 bridgehead atoms. The van der Waals surface area contributed by atoms with E-state index in [1.807, 2.05) is 57.2 Å². The number of carbonyl (C=O) groups excluding carboxylic acids is 1. The van der Waals surface area contributed by atoms with Gasteiger partial charge in [0, 0.05) is 29.9 Å². The number of anilines is 3. The summed E-state index contributed by atoms with van der Waals surface area (Å²) in [7, 11) is 0. The maximum absolute atomic E-state index is 11.2. The average molecular weight is 350 g/mol. The number of phenols is 1. The normalized spacial score (nSPS) is 10.6. The van der Waals surface area contributed by atoms with Gasteiger partial charge in [-0.1, -0.05) is 0 Å². The van der Waals surface area contributed by atoms with Gasteiger partial charge in [-0.25, -0.2) is 0 Å². The maximum atomic E-state index is 11.2. The molecule has 2 aromatic carbocycles. The summed E-state index contributed by atoms with van der Waals surface area (Å²) in [5.41, 5.74) is 6.16. The first-order chi connectivity index (χ1) is 12.3. The summed E-state index contributed by atoms with van der Waals surface area (Å²) >= 11 is 0. The highest BCUT2D eigenvalue weighted by Crippen LogP contribution is 2.30. The third-order valence-corrected chi connectivity index (χ3v) is 4.19. The van der Waals surface area contributed by atoms with Gasteiger partial charge in [0.2, 0.25) is 5.91 Å². The van der Waals surface area contributed by atoms with E-state index >= 15 is 0 Å². The number of aryl methyl sites for hydroxylation is 3. The minimum Gasteiger partial charge on any atom is -0.507 e. The van der Waals surface area contributed by atoms with E-state index in [1.54, 1.807) is 0 Å². The molecule has 0 atom stereocenters. The average Bonchev–Trinajstić information content (AvgIpc) is 3.03. The molecular weight excluding hydrogens is 328 g/mol. The predicted molar refractivity (Wildman–Crippen MR) is 104 cm³/mol. The number of rotatable bonds is 4. The van der Waals surface area contributed by atoms with Gasteiger partial charge in [0.1, 0.15) is 5.75 Å². The first kappa shape index (κ1) is 17.5. The Bertz CT molecular complexity index is 953. The zero-order chi connectivity index (χ0) is 18.8. The Hall–Kier alpha value is -3.28. The lowest BCUT2D eigenvalue weighted by atomic mass is 10.0. The Morgan fingerprint density at radius 2 is 1.73 bits per heavy atom. The lowest BCUT2D eigenvalue weighted by Gasteiger charge is -2.09. The number of hydrogen-bond donors (Lipinski definition) is 4. The van der Waals surface area contributed by atoms with Crippen LogP contribution in [0.15, 0.2) is 36.4 Å². The molecule has 1 heterocycles. The molecule has 0 aliphatic carbocycles. The topological polar surface area (TPSA) is 90.0 Å². The van der Waals surface area contributed by atoms with E-state index < -0.39 is 0 Å². The predicted octanol–water partition coefficient (Wildman–Crippen LogP) is 4.41. The van der Waals surface area contributed by atoms with Crippen LogP contribution in [0.5, 0.6) is 5.75 Å². The van der Waals surface area contributed by atoms with Gasteiger partial charge >= 0.3 is 0 Å². The van der Waals surface area contributed by atoms with Gasteiger partial charge in [-0.15, -0.1) is 0 Å². The summed E-state index contributed by atoms with van der Waals surface area (Å²) < 4.78 is 0.